The quantitative estimate of drug-likeness (QED) is 0.791. The van der Waals surface area contributed by atoms with Crippen molar-refractivity contribution in [3.63, 3.8) is 0 Å². The SMILES string of the molecule is O=C(O)[C@H]1CCCN(C(=O)CC2CCC2)C1. The largest absolute Gasteiger partial charge is 0.481 e. The van der Waals surface area contributed by atoms with E-state index in [0.29, 0.717) is 25.3 Å². The Hall–Kier alpha value is -1.06. The van der Waals surface area contributed by atoms with Gasteiger partial charge in [0.1, 0.15) is 0 Å². The summed E-state index contributed by atoms with van der Waals surface area (Å²) in [7, 11) is 0. The van der Waals surface area contributed by atoms with Crippen LogP contribution in [0, 0.1) is 11.8 Å². The number of amides is 1. The molecule has 16 heavy (non-hydrogen) atoms. The first-order valence-corrected chi connectivity index (χ1v) is 6.17. The van der Waals surface area contributed by atoms with Crippen LogP contribution in [0.1, 0.15) is 38.5 Å². The normalized spacial score (nSPS) is 26.2. The second-order valence-corrected chi connectivity index (χ2v) is 5.02. The Balaban J connectivity index is 1.83. The molecule has 0 aromatic heterocycles. The highest BCUT2D eigenvalue weighted by Crippen LogP contribution is 2.30. The Labute approximate surface area is 95.6 Å². The van der Waals surface area contributed by atoms with E-state index >= 15 is 0 Å². The maximum atomic E-state index is 11.9. The van der Waals surface area contributed by atoms with E-state index in [9.17, 15) is 9.59 Å². The summed E-state index contributed by atoms with van der Waals surface area (Å²) in [6.07, 6.45) is 5.75. The number of hydrogen-bond donors (Lipinski definition) is 1. The third-order valence-corrected chi connectivity index (χ3v) is 3.81. The van der Waals surface area contributed by atoms with Gasteiger partial charge in [-0.2, -0.15) is 0 Å². The molecule has 0 unspecified atom stereocenters. The molecule has 1 aliphatic carbocycles. The molecule has 0 spiro atoms. The highest BCUT2D eigenvalue weighted by atomic mass is 16.4. The van der Waals surface area contributed by atoms with Crippen LogP contribution >= 0.6 is 0 Å². The van der Waals surface area contributed by atoms with Gasteiger partial charge in [0.2, 0.25) is 5.91 Å². The van der Waals surface area contributed by atoms with Gasteiger partial charge >= 0.3 is 5.97 Å². The van der Waals surface area contributed by atoms with Crippen molar-refractivity contribution in [3.05, 3.63) is 0 Å². The summed E-state index contributed by atoms with van der Waals surface area (Å²) in [5, 5.41) is 8.94. The van der Waals surface area contributed by atoms with Crippen LogP contribution in [0.3, 0.4) is 0 Å². The monoisotopic (exact) mass is 225 g/mol. The van der Waals surface area contributed by atoms with Crippen LogP contribution in [-0.4, -0.2) is 35.0 Å². The molecule has 0 aromatic carbocycles. The number of carboxylic acids is 1. The van der Waals surface area contributed by atoms with Crippen molar-refractivity contribution in [1.82, 2.24) is 4.90 Å². The highest BCUT2D eigenvalue weighted by Gasteiger charge is 2.30. The molecule has 1 aliphatic heterocycles. The molecule has 2 aliphatic rings. The molecule has 2 fully saturated rings. The maximum Gasteiger partial charge on any atom is 0.308 e. The number of rotatable bonds is 3. The Bertz CT molecular complexity index is 286. The molecule has 2 rings (SSSR count). The smallest absolute Gasteiger partial charge is 0.308 e. The number of nitrogens with zero attached hydrogens (tertiary/aromatic N) is 1. The van der Waals surface area contributed by atoms with Crippen molar-refractivity contribution in [2.75, 3.05) is 13.1 Å². The third kappa shape index (κ3) is 2.54. The topological polar surface area (TPSA) is 57.6 Å². The minimum Gasteiger partial charge on any atom is -0.481 e. The zero-order chi connectivity index (χ0) is 11.5. The van der Waals surface area contributed by atoms with Crippen LogP contribution in [0.15, 0.2) is 0 Å². The van der Waals surface area contributed by atoms with Gasteiger partial charge in [0.25, 0.3) is 0 Å². The minimum atomic E-state index is -0.763. The summed E-state index contributed by atoms with van der Waals surface area (Å²) in [5.74, 6) is -0.381. The van der Waals surface area contributed by atoms with Gasteiger partial charge in [-0.15, -0.1) is 0 Å². The number of carbonyl (C=O) groups excluding carboxylic acids is 1. The molecule has 4 nitrogen and oxygen atoms in total. The van der Waals surface area contributed by atoms with E-state index in [4.69, 9.17) is 5.11 Å². The standard InChI is InChI=1S/C12H19NO3/c14-11(7-9-3-1-4-9)13-6-2-5-10(8-13)12(15)16/h9-10H,1-8H2,(H,15,16)/t10-/m0/s1. The number of carbonyl (C=O) groups is 2. The van der Waals surface area contributed by atoms with E-state index in [1.165, 1.54) is 19.3 Å². The zero-order valence-electron chi connectivity index (χ0n) is 9.52. The first kappa shape index (κ1) is 11.4. The fraction of sp³-hybridized carbons (Fsp3) is 0.833. The van der Waals surface area contributed by atoms with Crippen molar-refractivity contribution >= 4 is 11.9 Å². The van der Waals surface area contributed by atoms with Crippen LogP contribution in [-0.2, 0) is 9.59 Å². The molecular formula is C12H19NO3. The summed E-state index contributed by atoms with van der Waals surface area (Å²) >= 11 is 0. The van der Waals surface area contributed by atoms with Crippen molar-refractivity contribution in [2.24, 2.45) is 11.8 Å². The van der Waals surface area contributed by atoms with E-state index in [1.54, 1.807) is 4.90 Å². The molecule has 1 amide bonds. The predicted molar refractivity (Wildman–Crippen MR) is 58.9 cm³/mol. The van der Waals surface area contributed by atoms with Gasteiger partial charge in [-0.1, -0.05) is 6.42 Å². The fourth-order valence-corrected chi connectivity index (χ4v) is 2.48. The fourth-order valence-electron chi connectivity index (χ4n) is 2.48. The molecular weight excluding hydrogens is 206 g/mol. The van der Waals surface area contributed by atoms with E-state index in [2.05, 4.69) is 0 Å². The van der Waals surface area contributed by atoms with Gasteiger partial charge in [0.15, 0.2) is 0 Å². The van der Waals surface area contributed by atoms with Gasteiger partial charge in [-0.3, -0.25) is 9.59 Å². The number of aliphatic carboxylic acids is 1. The summed E-state index contributed by atoms with van der Waals surface area (Å²) < 4.78 is 0. The Morgan fingerprint density at radius 1 is 1.19 bits per heavy atom. The van der Waals surface area contributed by atoms with E-state index in [1.807, 2.05) is 0 Å². The second-order valence-electron chi connectivity index (χ2n) is 5.02. The number of likely N-dealkylation sites (tertiary alicyclic amines) is 1. The molecule has 4 heteroatoms. The van der Waals surface area contributed by atoms with Crippen LogP contribution in [0.4, 0.5) is 0 Å². The average molecular weight is 225 g/mol. The summed E-state index contributed by atoms with van der Waals surface area (Å²) in [6, 6.07) is 0. The number of piperidine rings is 1. The molecule has 1 atom stereocenters. The first-order chi connectivity index (χ1) is 7.66. The Kier molecular flexibility index (Phi) is 3.46. The van der Waals surface area contributed by atoms with Gasteiger partial charge in [-0.25, -0.2) is 0 Å². The number of hydrogen-bond acceptors (Lipinski definition) is 2. The van der Waals surface area contributed by atoms with Crippen molar-refractivity contribution in [2.45, 2.75) is 38.5 Å². The lowest BCUT2D eigenvalue weighted by Gasteiger charge is -2.33. The summed E-state index contributed by atoms with van der Waals surface area (Å²) in [5.41, 5.74) is 0. The van der Waals surface area contributed by atoms with Gasteiger partial charge in [0, 0.05) is 19.5 Å². The lowest BCUT2D eigenvalue weighted by Crippen LogP contribution is -2.43. The summed E-state index contributed by atoms with van der Waals surface area (Å²) in [6.45, 7) is 1.16. The zero-order valence-corrected chi connectivity index (χ0v) is 9.52. The van der Waals surface area contributed by atoms with Crippen LogP contribution in [0.2, 0.25) is 0 Å². The van der Waals surface area contributed by atoms with Gasteiger partial charge in [-0.05, 0) is 31.6 Å². The van der Waals surface area contributed by atoms with Gasteiger partial charge in [0.05, 0.1) is 5.92 Å². The predicted octanol–water partition coefficient (Wildman–Crippen LogP) is 1.50. The van der Waals surface area contributed by atoms with Crippen molar-refractivity contribution in [3.8, 4) is 0 Å². The molecule has 1 saturated heterocycles. The molecule has 90 valence electrons. The third-order valence-electron chi connectivity index (χ3n) is 3.81. The van der Waals surface area contributed by atoms with E-state index in [-0.39, 0.29) is 11.8 Å². The maximum absolute atomic E-state index is 11.9. The molecule has 0 aromatic rings. The van der Waals surface area contributed by atoms with Crippen LogP contribution in [0.5, 0.6) is 0 Å². The van der Waals surface area contributed by atoms with Gasteiger partial charge < -0.3 is 10.0 Å². The lowest BCUT2D eigenvalue weighted by atomic mass is 9.82. The summed E-state index contributed by atoms with van der Waals surface area (Å²) in [4.78, 5) is 24.5. The minimum absolute atomic E-state index is 0.163. The molecule has 1 saturated carbocycles. The Morgan fingerprint density at radius 3 is 2.50 bits per heavy atom. The first-order valence-electron chi connectivity index (χ1n) is 6.17. The molecule has 1 N–H and O–H groups in total. The average Bonchev–Trinajstić information content (AvgIpc) is 2.23. The van der Waals surface area contributed by atoms with E-state index in [0.717, 1.165) is 13.0 Å². The van der Waals surface area contributed by atoms with Crippen LogP contribution in [0.25, 0.3) is 0 Å². The van der Waals surface area contributed by atoms with Crippen molar-refractivity contribution < 1.29 is 14.7 Å². The second kappa shape index (κ2) is 4.85. The number of carboxylic acid groups (broad SMARTS) is 1. The highest BCUT2D eigenvalue weighted by molar-refractivity contribution is 5.78. The van der Waals surface area contributed by atoms with Crippen molar-refractivity contribution in [1.29, 1.82) is 0 Å². The molecule has 0 bridgehead atoms. The molecule has 1 heterocycles. The van der Waals surface area contributed by atoms with Crippen LogP contribution < -0.4 is 0 Å². The van der Waals surface area contributed by atoms with E-state index < -0.39 is 5.97 Å². The molecule has 0 radical (unpaired) electrons. The lowest BCUT2D eigenvalue weighted by molar-refractivity contribution is -0.146. The Morgan fingerprint density at radius 2 is 1.94 bits per heavy atom.